The molecule has 1 fully saturated rings. The molecule has 0 amide bonds. The predicted octanol–water partition coefficient (Wildman–Crippen LogP) is 1.56. The van der Waals surface area contributed by atoms with E-state index in [1.54, 1.807) is 0 Å². The van der Waals surface area contributed by atoms with Gasteiger partial charge >= 0.3 is 0 Å². The topological polar surface area (TPSA) is 20.2 Å². The summed E-state index contributed by atoms with van der Waals surface area (Å²) in [5.74, 6) is 6.38. The van der Waals surface area contributed by atoms with E-state index in [-0.39, 0.29) is 6.10 Å². The van der Waals surface area contributed by atoms with Gasteiger partial charge in [0, 0.05) is 6.42 Å². The molecule has 1 atom stereocenters. The van der Waals surface area contributed by atoms with E-state index >= 15 is 0 Å². The summed E-state index contributed by atoms with van der Waals surface area (Å²) < 4.78 is 0. The minimum absolute atomic E-state index is 0.0687. The van der Waals surface area contributed by atoms with Crippen LogP contribution in [-0.4, -0.2) is 11.2 Å². The Labute approximate surface area is 62.4 Å². The lowest BCUT2D eigenvalue weighted by Crippen LogP contribution is -2.07. The lowest BCUT2D eigenvalue weighted by molar-refractivity contribution is 0.143. The molecule has 0 aliphatic heterocycles. The van der Waals surface area contributed by atoms with Gasteiger partial charge in [-0.25, -0.2) is 0 Å². The fourth-order valence-corrected chi connectivity index (χ4v) is 1.06. The van der Waals surface area contributed by atoms with Crippen molar-refractivity contribution in [3.05, 3.63) is 0 Å². The maximum Gasteiger partial charge on any atom is 0.0577 e. The van der Waals surface area contributed by atoms with Crippen LogP contribution in [0, 0.1) is 17.8 Å². The maximum atomic E-state index is 9.35. The lowest BCUT2D eigenvalue weighted by atomic mass is 10.1. The smallest absolute Gasteiger partial charge is 0.0577 e. The lowest BCUT2D eigenvalue weighted by Gasteiger charge is -2.04. The molecule has 0 radical (unpaired) electrons. The Bertz CT molecular complexity index is 148. The molecule has 1 unspecified atom stereocenters. The van der Waals surface area contributed by atoms with Gasteiger partial charge in [-0.3, -0.25) is 0 Å². The first-order valence-corrected chi connectivity index (χ1v) is 3.92. The van der Waals surface area contributed by atoms with Gasteiger partial charge in [-0.15, -0.1) is 11.8 Å². The van der Waals surface area contributed by atoms with Crippen LogP contribution in [0.5, 0.6) is 0 Å². The van der Waals surface area contributed by atoms with Crippen molar-refractivity contribution in [2.45, 2.75) is 38.7 Å². The highest BCUT2D eigenvalue weighted by Gasteiger charge is 2.28. The van der Waals surface area contributed by atoms with Crippen LogP contribution >= 0.6 is 0 Å². The second kappa shape index (κ2) is 3.63. The molecule has 0 saturated heterocycles. The predicted molar refractivity (Wildman–Crippen MR) is 41.4 cm³/mol. The molecule has 10 heavy (non-hydrogen) atoms. The Morgan fingerprint density at radius 2 is 2.30 bits per heavy atom. The summed E-state index contributed by atoms with van der Waals surface area (Å²) in [6, 6.07) is 0. The molecule has 0 aromatic rings. The van der Waals surface area contributed by atoms with Crippen molar-refractivity contribution < 1.29 is 5.11 Å². The van der Waals surface area contributed by atoms with Gasteiger partial charge in [-0.05, 0) is 32.1 Å². The molecule has 1 saturated carbocycles. The summed E-state index contributed by atoms with van der Waals surface area (Å²) in [7, 11) is 0. The quantitative estimate of drug-likeness (QED) is 0.587. The van der Waals surface area contributed by atoms with Crippen LogP contribution in [-0.2, 0) is 0 Å². The third-order valence-corrected chi connectivity index (χ3v) is 1.91. The third-order valence-electron chi connectivity index (χ3n) is 1.91. The molecule has 1 aliphatic carbocycles. The van der Waals surface area contributed by atoms with Crippen molar-refractivity contribution in [2.75, 3.05) is 0 Å². The highest BCUT2D eigenvalue weighted by Crippen LogP contribution is 2.34. The van der Waals surface area contributed by atoms with Crippen LogP contribution < -0.4 is 0 Å². The van der Waals surface area contributed by atoms with E-state index < -0.39 is 0 Å². The summed E-state index contributed by atoms with van der Waals surface area (Å²) in [5.41, 5.74) is 0. The molecular weight excluding hydrogens is 124 g/mol. The molecule has 56 valence electrons. The highest BCUT2D eigenvalue weighted by molar-refractivity contribution is 4.96. The zero-order chi connectivity index (χ0) is 7.40. The number of hydrogen-bond donors (Lipinski definition) is 1. The van der Waals surface area contributed by atoms with E-state index in [1.807, 2.05) is 6.92 Å². The van der Waals surface area contributed by atoms with Gasteiger partial charge in [-0.2, -0.15) is 0 Å². The molecule has 1 rings (SSSR count). The van der Waals surface area contributed by atoms with Gasteiger partial charge < -0.3 is 5.11 Å². The second-order valence-electron chi connectivity index (χ2n) is 2.87. The summed E-state index contributed by atoms with van der Waals surface area (Å²) in [4.78, 5) is 0. The van der Waals surface area contributed by atoms with E-state index in [1.165, 1.54) is 12.8 Å². The van der Waals surface area contributed by atoms with Crippen molar-refractivity contribution >= 4 is 0 Å². The Morgan fingerprint density at radius 3 is 2.80 bits per heavy atom. The fraction of sp³-hybridized carbons (Fsp3) is 0.778. The first-order valence-electron chi connectivity index (χ1n) is 3.92. The Morgan fingerprint density at radius 1 is 1.60 bits per heavy atom. The van der Waals surface area contributed by atoms with Gasteiger partial charge in [0.1, 0.15) is 0 Å². The molecule has 0 spiro atoms. The molecule has 0 aromatic heterocycles. The van der Waals surface area contributed by atoms with Gasteiger partial charge in [0.2, 0.25) is 0 Å². The molecule has 1 heteroatoms. The molecule has 1 N–H and O–H groups in total. The summed E-state index contributed by atoms with van der Waals surface area (Å²) >= 11 is 0. The molecular formula is C9H14O. The zero-order valence-electron chi connectivity index (χ0n) is 6.43. The number of aliphatic hydroxyl groups is 1. The molecule has 0 aromatic carbocycles. The SMILES string of the molecule is CC#CCCC(O)C1CC1. The van der Waals surface area contributed by atoms with Crippen molar-refractivity contribution in [1.29, 1.82) is 0 Å². The normalized spacial score (nSPS) is 19.4. The number of hydrogen-bond acceptors (Lipinski definition) is 1. The van der Waals surface area contributed by atoms with Gasteiger partial charge in [0.15, 0.2) is 0 Å². The van der Waals surface area contributed by atoms with Crippen molar-refractivity contribution in [1.82, 2.24) is 0 Å². The fourth-order valence-electron chi connectivity index (χ4n) is 1.06. The van der Waals surface area contributed by atoms with Gasteiger partial charge in [0.05, 0.1) is 6.10 Å². The number of aliphatic hydroxyl groups excluding tert-OH is 1. The van der Waals surface area contributed by atoms with Crippen molar-refractivity contribution in [2.24, 2.45) is 5.92 Å². The van der Waals surface area contributed by atoms with Crippen LogP contribution in [0.25, 0.3) is 0 Å². The molecule has 0 bridgehead atoms. The summed E-state index contributed by atoms with van der Waals surface area (Å²) in [6.45, 7) is 1.84. The summed E-state index contributed by atoms with van der Waals surface area (Å²) in [5, 5.41) is 9.35. The second-order valence-corrected chi connectivity index (χ2v) is 2.87. The molecule has 1 nitrogen and oxygen atoms in total. The average Bonchev–Trinajstić information content (AvgIpc) is 2.69. The maximum absolute atomic E-state index is 9.35. The molecule has 0 heterocycles. The van der Waals surface area contributed by atoms with Gasteiger partial charge in [-0.1, -0.05) is 0 Å². The Hall–Kier alpha value is -0.480. The first-order chi connectivity index (χ1) is 4.84. The largest absolute Gasteiger partial charge is 0.393 e. The van der Waals surface area contributed by atoms with Crippen molar-refractivity contribution in [3.63, 3.8) is 0 Å². The standard InChI is InChI=1S/C9H14O/c1-2-3-4-5-9(10)8-6-7-8/h8-10H,4-7H2,1H3. The van der Waals surface area contributed by atoms with E-state index in [4.69, 9.17) is 0 Å². The summed E-state index contributed by atoms with van der Waals surface area (Å²) in [6.07, 6.45) is 4.10. The van der Waals surface area contributed by atoms with Crippen LogP contribution in [0.4, 0.5) is 0 Å². The molecule has 1 aliphatic rings. The van der Waals surface area contributed by atoms with E-state index in [0.29, 0.717) is 5.92 Å². The minimum atomic E-state index is -0.0687. The Balaban J connectivity index is 2.04. The third kappa shape index (κ3) is 2.41. The Kier molecular flexibility index (Phi) is 2.77. The van der Waals surface area contributed by atoms with E-state index in [2.05, 4.69) is 11.8 Å². The number of rotatable bonds is 3. The van der Waals surface area contributed by atoms with Crippen LogP contribution in [0.3, 0.4) is 0 Å². The van der Waals surface area contributed by atoms with Crippen LogP contribution in [0.2, 0.25) is 0 Å². The van der Waals surface area contributed by atoms with Crippen molar-refractivity contribution in [3.8, 4) is 11.8 Å². The highest BCUT2D eigenvalue weighted by atomic mass is 16.3. The van der Waals surface area contributed by atoms with Crippen LogP contribution in [0.15, 0.2) is 0 Å². The average molecular weight is 138 g/mol. The van der Waals surface area contributed by atoms with E-state index in [9.17, 15) is 5.11 Å². The van der Waals surface area contributed by atoms with Gasteiger partial charge in [0.25, 0.3) is 0 Å². The zero-order valence-corrected chi connectivity index (χ0v) is 6.43. The first kappa shape index (κ1) is 7.63. The van der Waals surface area contributed by atoms with Crippen LogP contribution in [0.1, 0.15) is 32.6 Å². The minimum Gasteiger partial charge on any atom is -0.393 e. The monoisotopic (exact) mass is 138 g/mol. The van der Waals surface area contributed by atoms with E-state index in [0.717, 1.165) is 12.8 Å².